The SMILES string of the molecule is Cc1cccc(NS(=O)(=O)c2cccc(C(=O)Nc3ccc(F)c(F)c3)c2)c1. The topological polar surface area (TPSA) is 75.3 Å². The number of sulfonamides is 1. The van der Waals surface area contributed by atoms with Gasteiger partial charge in [-0.2, -0.15) is 0 Å². The molecule has 0 aromatic heterocycles. The molecule has 0 unspecified atom stereocenters. The van der Waals surface area contributed by atoms with E-state index in [1.807, 2.05) is 13.0 Å². The van der Waals surface area contributed by atoms with Crippen LogP contribution in [-0.2, 0) is 10.0 Å². The van der Waals surface area contributed by atoms with Crippen molar-refractivity contribution in [2.75, 3.05) is 10.0 Å². The first-order chi connectivity index (χ1) is 13.2. The highest BCUT2D eigenvalue weighted by molar-refractivity contribution is 7.92. The Labute approximate surface area is 161 Å². The van der Waals surface area contributed by atoms with Crippen molar-refractivity contribution >= 4 is 27.3 Å². The fourth-order valence-corrected chi connectivity index (χ4v) is 3.60. The first-order valence-corrected chi connectivity index (χ1v) is 9.69. The van der Waals surface area contributed by atoms with E-state index in [9.17, 15) is 22.0 Å². The molecule has 8 heteroatoms. The van der Waals surface area contributed by atoms with E-state index in [1.165, 1.54) is 30.3 Å². The summed E-state index contributed by atoms with van der Waals surface area (Å²) < 4.78 is 53.9. The number of hydrogen-bond acceptors (Lipinski definition) is 3. The van der Waals surface area contributed by atoms with Gasteiger partial charge in [0, 0.05) is 23.0 Å². The van der Waals surface area contributed by atoms with E-state index in [1.54, 1.807) is 18.2 Å². The normalized spacial score (nSPS) is 11.1. The van der Waals surface area contributed by atoms with Gasteiger partial charge in [0.05, 0.1) is 4.90 Å². The molecule has 28 heavy (non-hydrogen) atoms. The standard InChI is InChI=1S/C20H16F2N2O3S/c1-13-4-2-6-16(10-13)24-28(26,27)17-7-3-5-14(11-17)20(25)23-15-8-9-18(21)19(22)12-15/h2-12,24H,1H3,(H,23,25). The Morgan fingerprint density at radius 1 is 0.857 bits per heavy atom. The second-order valence-electron chi connectivity index (χ2n) is 6.09. The van der Waals surface area contributed by atoms with Crippen LogP contribution in [-0.4, -0.2) is 14.3 Å². The maximum atomic E-state index is 13.3. The Bertz CT molecular complexity index is 1150. The second-order valence-corrected chi connectivity index (χ2v) is 7.77. The minimum atomic E-state index is -3.91. The molecule has 0 heterocycles. The van der Waals surface area contributed by atoms with Gasteiger partial charge >= 0.3 is 0 Å². The number of benzene rings is 3. The van der Waals surface area contributed by atoms with Gasteiger partial charge in [-0.05, 0) is 55.0 Å². The zero-order valence-corrected chi connectivity index (χ0v) is 15.6. The lowest BCUT2D eigenvalue weighted by Gasteiger charge is -2.10. The van der Waals surface area contributed by atoms with Crippen LogP contribution in [0.15, 0.2) is 71.6 Å². The van der Waals surface area contributed by atoms with Crippen LogP contribution in [0.4, 0.5) is 20.2 Å². The van der Waals surface area contributed by atoms with Gasteiger partial charge in [-0.3, -0.25) is 9.52 Å². The zero-order chi connectivity index (χ0) is 20.3. The minimum Gasteiger partial charge on any atom is -0.322 e. The number of hydrogen-bond donors (Lipinski definition) is 2. The highest BCUT2D eigenvalue weighted by Crippen LogP contribution is 2.19. The lowest BCUT2D eigenvalue weighted by atomic mass is 10.2. The quantitative estimate of drug-likeness (QED) is 0.667. The molecule has 1 amide bonds. The van der Waals surface area contributed by atoms with E-state index >= 15 is 0 Å². The summed E-state index contributed by atoms with van der Waals surface area (Å²) in [6.45, 7) is 1.83. The van der Waals surface area contributed by atoms with E-state index in [0.29, 0.717) is 5.69 Å². The third-order valence-corrected chi connectivity index (χ3v) is 5.23. The maximum Gasteiger partial charge on any atom is 0.261 e. The number of amides is 1. The summed E-state index contributed by atoms with van der Waals surface area (Å²) in [5.41, 5.74) is 1.39. The molecule has 0 spiro atoms. The molecular weight excluding hydrogens is 386 g/mol. The Hall–Kier alpha value is -3.26. The van der Waals surface area contributed by atoms with Gasteiger partial charge in [0.15, 0.2) is 11.6 Å². The molecule has 3 aromatic rings. The molecule has 144 valence electrons. The molecule has 0 atom stereocenters. The molecule has 0 aliphatic rings. The van der Waals surface area contributed by atoms with Crippen molar-refractivity contribution in [3.63, 3.8) is 0 Å². The Morgan fingerprint density at radius 3 is 2.32 bits per heavy atom. The number of carbonyl (C=O) groups is 1. The molecule has 3 rings (SSSR count). The van der Waals surface area contributed by atoms with Crippen LogP contribution in [0, 0.1) is 18.6 Å². The van der Waals surface area contributed by atoms with Crippen molar-refractivity contribution in [2.45, 2.75) is 11.8 Å². The van der Waals surface area contributed by atoms with Crippen molar-refractivity contribution < 1.29 is 22.0 Å². The summed E-state index contributed by atoms with van der Waals surface area (Å²) >= 11 is 0. The molecule has 0 saturated carbocycles. The first-order valence-electron chi connectivity index (χ1n) is 8.20. The summed E-state index contributed by atoms with van der Waals surface area (Å²) in [5, 5.41) is 2.40. The lowest BCUT2D eigenvalue weighted by Crippen LogP contribution is -2.16. The van der Waals surface area contributed by atoms with Gasteiger partial charge in [0.2, 0.25) is 0 Å². The summed E-state index contributed by atoms with van der Waals surface area (Å²) in [6.07, 6.45) is 0. The maximum absolute atomic E-state index is 13.3. The van der Waals surface area contributed by atoms with Gasteiger partial charge < -0.3 is 5.32 Å². The molecule has 0 radical (unpaired) electrons. The number of rotatable bonds is 5. The fraction of sp³-hybridized carbons (Fsp3) is 0.0500. The molecule has 0 aliphatic heterocycles. The largest absolute Gasteiger partial charge is 0.322 e. The Kier molecular flexibility index (Phi) is 5.41. The fourth-order valence-electron chi connectivity index (χ4n) is 2.50. The third kappa shape index (κ3) is 4.52. The third-order valence-electron chi connectivity index (χ3n) is 3.85. The summed E-state index contributed by atoms with van der Waals surface area (Å²) in [6, 6.07) is 15.2. The van der Waals surface area contributed by atoms with Crippen LogP contribution in [0.2, 0.25) is 0 Å². The van der Waals surface area contributed by atoms with E-state index in [-0.39, 0.29) is 16.1 Å². The van der Waals surface area contributed by atoms with Crippen molar-refractivity contribution in [3.8, 4) is 0 Å². The van der Waals surface area contributed by atoms with Gasteiger partial charge in [0.1, 0.15) is 0 Å². The van der Waals surface area contributed by atoms with E-state index < -0.39 is 27.6 Å². The molecule has 0 bridgehead atoms. The number of halogens is 2. The molecule has 0 fully saturated rings. The highest BCUT2D eigenvalue weighted by Gasteiger charge is 2.17. The van der Waals surface area contributed by atoms with Crippen LogP contribution in [0.3, 0.4) is 0 Å². The van der Waals surface area contributed by atoms with Crippen molar-refractivity contribution in [3.05, 3.63) is 89.5 Å². The Balaban J connectivity index is 1.82. The summed E-state index contributed by atoms with van der Waals surface area (Å²) in [5.74, 6) is -2.79. The van der Waals surface area contributed by atoms with Crippen molar-refractivity contribution in [2.24, 2.45) is 0 Å². The van der Waals surface area contributed by atoms with Crippen molar-refractivity contribution in [1.29, 1.82) is 0 Å². The van der Waals surface area contributed by atoms with E-state index in [2.05, 4.69) is 10.0 Å². The molecule has 0 saturated heterocycles. The lowest BCUT2D eigenvalue weighted by molar-refractivity contribution is 0.102. The van der Waals surface area contributed by atoms with Gasteiger partial charge in [-0.25, -0.2) is 17.2 Å². The smallest absolute Gasteiger partial charge is 0.261 e. The van der Waals surface area contributed by atoms with E-state index in [4.69, 9.17) is 0 Å². The first kappa shape index (κ1) is 19.5. The van der Waals surface area contributed by atoms with Crippen molar-refractivity contribution in [1.82, 2.24) is 0 Å². The molecular formula is C20H16F2N2O3S. The highest BCUT2D eigenvalue weighted by atomic mass is 32.2. The van der Waals surface area contributed by atoms with Crippen LogP contribution in [0.1, 0.15) is 15.9 Å². The second kappa shape index (κ2) is 7.77. The van der Waals surface area contributed by atoms with Gasteiger partial charge in [-0.1, -0.05) is 18.2 Å². The predicted octanol–water partition coefficient (Wildman–Crippen LogP) is 4.33. The average Bonchev–Trinajstić information content (AvgIpc) is 2.64. The van der Waals surface area contributed by atoms with E-state index in [0.717, 1.165) is 17.7 Å². The molecule has 0 aliphatic carbocycles. The zero-order valence-electron chi connectivity index (χ0n) is 14.7. The van der Waals surface area contributed by atoms with Crippen LogP contribution in [0.5, 0.6) is 0 Å². The average molecular weight is 402 g/mol. The number of nitrogens with one attached hydrogen (secondary N) is 2. The van der Waals surface area contributed by atoms with Crippen LogP contribution < -0.4 is 10.0 Å². The molecule has 2 N–H and O–H groups in total. The number of anilines is 2. The van der Waals surface area contributed by atoms with Gasteiger partial charge in [0.25, 0.3) is 15.9 Å². The predicted molar refractivity (Wildman–Crippen MR) is 103 cm³/mol. The number of carbonyl (C=O) groups excluding carboxylic acids is 1. The number of aryl methyl sites for hydroxylation is 1. The molecule has 5 nitrogen and oxygen atoms in total. The minimum absolute atomic E-state index is 0.0510. The monoisotopic (exact) mass is 402 g/mol. The van der Waals surface area contributed by atoms with Gasteiger partial charge in [-0.15, -0.1) is 0 Å². The van der Waals surface area contributed by atoms with Crippen LogP contribution in [0.25, 0.3) is 0 Å². The van der Waals surface area contributed by atoms with Crippen LogP contribution >= 0.6 is 0 Å². The molecule has 3 aromatic carbocycles. The summed E-state index contributed by atoms with van der Waals surface area (Å²) in [7, 11) is -3.91. The Morgan fingerprint density at radius 2 is 1.61 bits per heavy atom. The summed E-state index contributed by atoms with van der Waals surface area (Å²) in [4.78, 5) is 12.2.